The topological polar surface area (TPSA) is 64.3 Å². The van der Waals surface area contributed by atoms with Gasteiger partial charge >= 0.3 is 6.36 Å². The predicted octanol–water partition coefficient (Wildman–Crippen LogP) is 2.69. The first-order valence-corrected chi connectivity index (χ1v) is 6.59. The lowest BCUT2D eigenvalue weighted by Gasteiger charge is -2.21. The summed E-state index contributed by atoms with van der Waals surface area (Å²) in [7, 11) is 0. The zero-order chi connectivity index (χ0) is 16.0. The highest BCUT2D eigenvalue weighted by Crippen LogP contribution is 2.22. The molecule has 0 aliphatic rings. The molecule has 118 valence electrons. The smallest absolute Gasteiger partial charge is 0.406 e. The van der Waals surface area contributed by atoms with E-state index in [4.69, 9.17) is 5.73 Å². The zero-order valence-electron chi connectivity index (χ0n) is 11.9. The first-order valence-electron chi connectivity index (χ1n) is 6.59. The van der Waals surface area contributed by atoms with Crippen LogP contribution in [0.3, 0.4) is 0 Å². The number of nitrogens with two attached hydrogens (primary N) is 1. The summed E-state index contributed by atoms with van der Waals surface area (Å²) < 4.78 is 39.8. The average Bonchev–Trinajstić information content (AvgIpc) is 2.36. The fourth-order valence-electron chi connectivity index (χ4n) is 1.81. The third kappa shape index (κ3) is 6.03. The second-order valence-electron chi connectivity index (χ2n) is 4.97. The van der Waals surface area contributed by atoms with Crippen molar-refractivity contribution in [2.45, 2.75) is 32.7 Å². The van der Waals surface area contributed by atoms with Gasteiger partial charge in [0.15, 0.2) is 0 Å². The van der Waals surface area contributed by atoms with Gasteiger partial charge in [0.05, 0.1) is 0 Å². The van der Waals surface area contributed by atoms with Gasteiger partial charge in [0.2, 0.25) is 0 Å². The minimum absolute atomic E-state index is 0.0754. The summed E-state index contributed by atoms with van der Waals surface area (Å²) in [6, 6.07) is 4.71. The van der Waals surface area contributed by atoms with Crippen molar-refractivity contribution < 1.29 is 22.7 Å². The molecule has 1 rings (SSSR count). The lowest BCUT2D eigenvalue weighted by molar-refractivity contribution is -0.274. The fraction of sp³-hybridized carbons (Fsp3) is 0.500. The van der Waals surface area contributed by atoms with Crippen molar-refractivity contribution in [1.82, 2.24) is 5.32 Å². The molecule has 0 spiro atoms. The molecular weight excluding hydrogens is 285 g/mol. The Kier molecular flexibility index (Phi) is 6.02. The summed E-state index contributed by atoms with van der Waals surface area (Å²) in [6.45, 7) is 4.36. The molecule has 1 unspecified atom stereocenters. The van der Waals surface area contributed by atoms with Gasteiger partial charge in [-0.25, -0.2) is 0 Å². The number of carbonyl (C=O) groups is 1. The highest BCUT2D eigenvalue weighted by atomic mass is 19.4. The van der Waals surface area contributed by atoms with E-state index in [-0.39, 0.29) is 29.2 Å². The van der Waals surface area contributed by atoms with E-state index in [1.54, 1.807) is 0 Å². The van der Waals surface area contributed by atoms with Crippen LogP contribution < -0.4 is 15.8 Å². The van der Waals surface area contributed by atoms with E-state index in [0.717, 1.165) is 12.1 Å². The molecule has 0 saturated heterocycles. The number of alkyl halides is 3. The van der Waals surface area contributed by atoms with Gasteiger partial charge in [-0.2, -0.15) is 0 Å². The summed E-state index contributed by atoms with van der Waals surface area (Å²) in [5.74, 6) is -0.493. The second-order valence-corrected chi connectivity index (χ2v) is 4.97. The molecule has 3 N–H and O–H groups in total. The first kappa shape index (κ1) is 17.3. The molecule has 7 heteroatoms. The van der Waals surface area contributed by atoms with Crippen LogP contribution in [0.2, 0.25) is 0 Å². The number of nitrogens with one attached hydrogen (secondary N) is 1. The standard InChI is InChI=1S/C14H19F3N2O2/c1-9(2)12(7-8-18)19-13(20)10-3-5-11(6-4-10)21-14(15,16)17/h3-6,9,12H,7-8,18H2,1-2H3,(H,19,20). The molecule has 0 fully saturated rings. The maximum Gasteiger partial charge on any atom is 0.573 e. The Bertz CT molecular complexity index is 458. The van der Waals surface area contributed by atoms with Gasteiger partial charge < -0.3 is 15.8 Å². The maximum absolute atomic E-state index is 12.0. The number of carbonyl (C=O) groups excluding carboxylic acids is 1. The van der Waals surface area contributed by atoms with Crippen LogP contribution in [0, 0.1) is 5.92 Å². The Labute approximate surface area is 121 Å². The molecule has 1 amide bonds. The molecule has 1 aromatic rings. The van der Waals surface area contributed by atoms with E-state index in [2.05, 4.69) is 10.1 Å². The number of halogens is 3. The van der Waals surface area contributed by atoms with Crippen molar-refractivity contribution >= 4 is 5.91 Å². The molecule has 1 aromatic carbocycles. The van der Waals surface area contributed by atoms with E-state index in [0.29, 0.717) is 13.0 Å². The van der Waals surface area contributed by atoms with Crippen molar-refractivity contribution in [3.63, 3.8) is 0 Å². The normalized spacial score (nSPS) is 13.1. The van der Waals surface area contributed by atoms with E-state index < -0.39 is 6.36 Å². The highest BCUT2D eigenvalue weighted by molar-refractivity contribution is 5.94. The van der Waals surface area contributed by atoms with Crippen LogP contribution in [0.4, 0.5) is 13.2 Å². The highest BCUT2D eigenvalue weighted by Gasteiger charge is 2.31. The van der Waals surface area contributed by atoms with Gasteiger partial charge in [-0.1, -0.05) is 13.8 Å². The van der Waals surface area contributed by atoms with Crippen molar-refractivity contribution in [3.05, 3.63) is 29.8 Å². The quantitative estimate of drug-likeness (QED) is 0.849. The van der Waals surface area contributed by atoms with Crippen molar-refractivity contribution in [2.24, 2.45) is 11.7 Å². The van der Waals surface area contributed by atoms with E-state index in [1.165, 1.54) is 12.1 Å². The van der Waals surface area contributed by atoms with Gasteiger partial charge in [0.1, 0.15) is 5.75 Å². The molecule has 4 nitrogen and oxygen atoms in total. The summed E-state index contributed by atoms with van der Waals surface area (Å²) >= 11 is 0. The SMILES string of the molecule is CC(C)C(CCN)NC(=O)c1ccc(OC(F)(F)F)cc1. The van der Waals surface area contributed by atoms with Crippen LogP contribution in [0.1, 0.15) is 30.6 Å². The molecule has 0 saturated carbocycles. The van der Waals surface area contributed by atoms with Crippen LogP contribution in [-0.4, -0.2) is 24.9 Å². The summed E-state index contributed by atoms with van der Waals surface area (Å²) in [5, 5.41) is 2.82. The van der Waals surface area contributed by atoms with Crippen molar-refractivity contribution in [1.29, 1.82) is 0 Å². The summed E-state index contributed by atoms with van der Waals surface area (Å²) in [4.78, 5) is 12.0. The monoisotopic (exact) mass is 304 g/mol. The van der Waals surface area contributed by atoms with E-state index >= 15 is 0 Å². The fourth-order valence-corrected chi connectivity index (χ4v) is 1.81. The van der Waals surface area contributed by atoms with Crippen molar-refractivity contribution in [3.8, 4) is 5.75 Å². The maximum atomic E-state index is 12.0. The lowest BCUT2D eigenvalue weighted by atomic mass is 10.0. The third-order valence-electron chi connectivity index (χ3n) is 2.95. The van der Waals surface area contributed by atoms with Gasteiger partial charge in [-0.15, -0.1) is 13.2 Å². The molecule has 0 aromatic heterocycles. The Morgan fingerprint density at radius 3 is 2.29 bits per heavy atom. The number of ether oxygens (including phenoxy) is 1. The van der Waals surface area contributed by atoms with Crippen LogP contribution in [0.5, 0.6) is 5.75 Å². The number of benzene rings is 1. The molecular formula is C14H19F3N2O2. The largest absolute Gasteiger partial charge is 0.573 e. The summed E-state index contributed by atoms with van der Waals surface area (Å²) in [6.07, 6.45) is -4.10. The van der Waals surface area contributed by atoms with Gasteiger partial charge in [0.25, 0.3) is 5.91 Å². The second kappa shape index (κ2) is 7.31. The average molecular weight is 304 g/mol. The van der Waals surface area contributed by atoms with E-state index in [9.17, 15) is 18.0 Å². The van der Waals surface area contributed by atoms with Gasteiger partial charge in [-0.3, -0.25) is 4.79 Å². The molecule has 0 bridgehead atoms. The number of hydrogen-bond donors (Lipinski definition) is 2. The predicted molar refractivity (Wildman–Crippen MR) is 72.9 cm³/mol. The number of amides is 1. The van der Waals surface area contributed by atoms with E-state index in [1.807, 2.05) is 13.8 Å². The molecule has 0 radical (unpaired) electrons. The summed E-state index contributed by atoms with van der Waals surface area (Å²) in [5.41, 5.74) is 5.76. The Hall–Kier alpha value is -1.76. The minimum Gasteiger partial charge on any atom is -0.406 e. The van der Waals surface area contributed by atoms with Crippen LogP contribution in [0.15, 0.2) is 24.3 Å². The van der Waals surface area contributed by atoms with Gasteiger partial charge in [0, 0.05) is 11.6 Å². The zero-order valence-corrected chi connectivity index (χ0v) is 11.9. The third-order valence-corrected chi connectivity index (χ3v) is 2.95. The Morgan fingerprint density at radius 2 is 1.86 bits per heavy atom. The number of rotatable bonds is 6. The van der Waals surface area contributed by atoms with Crippen molar-refractivity contribution in [2.75, 3.05) is 6.54 Å². The molecule has 1 atom stereocenters. The lowest BCUT2D eigenvalue weighted by Crippen LogP contribution is -2.39. The first-order chi connectivity index (χ1) is 9.73. The van der Waals surface area contributed by atoms with Crippen LogP contribution in [0.25, 0.3) is 0 Å². The van der Waals surface area contributed by atoms with Crippen LogP contribution >= 0.6 is 0 Å². The molecule has 0 aliphatic heterocycles. The molecule has 21 heavy (non-hydrogen) atoms. The Morgan fingerprint density at radius 1 is 1.29 bits per heavy atom. The minimum atomic E-state index is -4.74. The Balaban J connectivity index is 2.70. The van der Waals surface area contributed by atoms with Crippen LogP contribution in [-0.2, 0) is 0 Å². The molecule has 0 aliphatic carbocycles. The van der Waals surface area contributed by atoms with Gasteiger partial charge in [-0.05, 0) is 43.1 Å². The number of hydrogen-bond acceptors (Lipinski definition) is 3. The molecule has 0 heterocycles.